The number of ketones is 1. The highest BCUT2D eigenvalue weighted by molar-refractivity contribution is 6.03. The van der Waals surface area contributed by atoms with Crippen LogP contribution >= 0.6 is 0 Å². The number of hydrogen-bond acceptors (Lipinski definition) is 4. The quantitative estimate of drug-likeness (QED) is 0.321. The molecule has 1 aliphatic heterocycles. The number of carbonyl (C=O) groups is 3. The summed E-state index contributed by atoms with van der Waals surface area (Å²) in [6, 6.07) is 5.34. The molecular weight excluding hydrogens is 368 g/mol. The largest absolute Gasteiger partial charge is 0.331 e. The van der Waals surface area contributed by atoms with Crippen LogP contribution in [0.5, 0.6) is 0 Å². The summed E-state index contributed by atoms with van der Waals surface area (Å²) in [6.45, 7) is 4.52. The second kappa shape index (κ2) is 7.41. The Labute approximate surface area is 170 Å². The van der Waals surface area contributed by atoms with Crippen LogP contribution in [0.4, 0.5) is 0 Å². The molecule has 0 unspecified atom stereocenters. The first-order chi connectivity index (χ1) is 13.8. The predicted octanol–water partition coefficient (Wildman–Crippen LogP) is 3.10. The van der Waals surface area contributed by atoms with E-state index < -0.39 is 17.9 Å². The summed E-state index contributed by atoms with van der Waals surface area (Å²) in [6.07, 6.45) is 6.15. The van der Waals surface area contributed by atoms with Crippen molar-refractivity contribution >= 4 is 17.6 Å². The number of nitrogens with one attached hydrogen (secondary N) is 1. The maximum Gasteiger partial charge on any atom is 0.244 e. The van der Waals surface area contributed by atoms with Crippen LogP contribution in [-0.2, 0) is 9.59 Å². The predicted molar refractivity (Wildman–Crippen MR) is 107 cm³/mol. The smallest absolute Gasteiger partial charge is 0.244 e. The van der Waals surface area contributed by atoms with E-state index in [9.17, 15) is 14.4 Å². The first-order valence-electron chi connectivity index (χ1n) is 10.3. The Morgan fingerprint density at radius 2 is 1.86 bits per heavy atom. The molecule has 6 heteroatoms. The van der Waals surface area contributed by atoms with Crippen molar-refractivity contribution < 1.29 is 19.6 Å². The zero-order valence-electron chi connectivity index (χ0n) is 17.0. The Hall–Kier alpha value is -2.47. The molecule has 0 radical (unpaired) electrons. The van der Waals surface area contributed by atoms with Gasteiger partial charge in [0.25, 0.3) is 0 Å². The van der Waals surface area contributed by atoms with Gasteiger partial charge in [-0.25, -0.2) is 5.48 Å². The van der Waals surface area contributed by atoms with Gasteiger partial charge in [-0.2, -0.15) is 0 Å². The van der Waals surface area contributed by atoms with Crippen LogP contribution in [0.25, 0.3) is 0 Å². The van der Waals surface area contributed by atoms with Gasteiger partial charge < -0.3 is 4.90 Å². The molecule has 1 spiro atoms. The topological polar surface area (TPSA) is 86.7 Å². The van der Waals surface area contributed by atoms with Gasteiger partial charge in [-0.1, -0.05) is 28.8 Å². The van der Waals surface area contributed by atoms with Gasteiger partial charge in [0.2, 0.25) is 11.8 Å². The second-order valence-corrected chi connectivity index (χ2v) is 9.13. The van der Waals surface area contributed by atoms with Gasteiger partial charge in [-0.15, -0.1) is 0 Å². The standard InChI is InChI=1S/C23H28N2O4/c1-14-7-15(2)9-17(8-14)21(27)19-12-23(5-6-23)13-25(19)22(28)18(10-16-3-4-16)11-20(26)24-29/h3,7-9,18-19,29H,4-6,10-13H2,1-2H3,(H,24,26)/t18-,19+/m1/s1. The summed E-state index contributed by atoms with van der Waals surface area (Å²) in [7, 11) is 0. The Morgan fingerprint density at radius 3 is 2.41 bits per heavy atom. The molecule has 0 bridgehead atoms. The first-order valence-corrected chi connectivity index (χ1v) is 10.3. The van der Waals surface area contributed by atoms with E-state index >= 15 is 0 Å². The molecule has 1 aromatic rings. The fourth-order valence-electron chi connectivity index (χ4n) is 4.68. The average molecular weight is 396 g/mol. The summed E-state index contributed by atoms with van der Waals surface area (Å²) in [4.78, 5) is 40.3. The van der Waals surface area contributed by atoms with E-state index in [0.717, 1.165) is 36.0 Å². The van der Waals surface area contributed by atoms with Crippen molar-refractivity contribution in [2.45, 2.75) is 58.4 Å². The molecule has 1 aromatic carbocycles. The van der Waals surface area contributed by atoms with Crippen molar-refractivity contribution in [1.82, 2.24) is 10.4 Å². The molecule has 6 nitrogen and oxygen atoms in total. The van der Waals surface area contributed by atoms with Gasteiger partial charge >= 0.3 is 0 Å². The monoisotopic (exact) mass is 396 g/mol. The molecule has 3 aliphatic rings. The fraction of sp³-hybridized carbons (Fsp3) is 0.522. The molecule has 1 saturated carbocycles. The Kier molecular flexibility index (Phi) is 5.07. The Morgan fingerprint density at radius 1 is 1.21 bits per heavy atom. The molecule has 1 saturated heterocycles. The number of rotatable bonds is 7. The SMILES string of the molecule is Cc1cc(C)cc(C(=O)[C@@H]2CC3(CC3)CN2C(=O)[C@@H](CC(=O)NO)CC2=CC2)c1. The number of nitrogens with zero attached hydrogens (tertiary/aromatic N) is 1. The lowest BCUT2D eigenvalue weighted by Crippen LogP contribution is -2.44. The molecule has 2 aliphatic carbocycles. The van der Waals surface area contributed by atoms with Crippen molar-refractivity contribution in [3.63, 3.8) is 0 Å². The summed E-state index contributed by atoms with van der Waals surface area (Å²) in [5, 5.41) is 8.92. The summed E-state index contributed by atoms with van der Waals surface area (Å²) < 4.78 is 0. The highest BCUT2D eigenvalue weighted by Gasteiger charge is 2.55. The van der Waals surface area contributed by atoms with E-state index in [1.807, 2.05) is 38.1 Å². The second-order valence-electron chi connectivity index (χ2n) is 9.13. The van der Waals surface area contributed by atoms with Gasteiger partial charge in [-0.05, 0) is 63.5 Å². The van der Waals surface area contributed by atoms with Crippen LogP contribution in [0.15, 0.2) is 29.8 Å². The maximum absolute atomic E-state index is 13.4. The van der Waals surface area contributed by atoms with Crippen molar-refractivity contribution in [3.8, 4) is 0 Å². The van der Waals surface area contributed by atoms with Crippen molar-refractivity contribution in [3.05, 3.63) is 46.5 Å². The minimum atomic E-state index is -0.567. The van der Waals surface area contributed by atoms with Crippen molar-refractivity contribution in [1.29, 1.82) is 0 Å². The van der Waals surface area contributed by atoms with Crippen molar-refractivity contribution in [2.24, 2.45) is 11.3 Å². The van der Waals surface area contributed by atoms with Crippen LogP contribution in [0.2, 0.25) is 0 Å². The van der Waals surface area contributed by atoms with Gasteiger partial charge in [0, 0.05) is 18.5 Å². The number of aryl methyl sites for hydroxylation is 2. The molecule has 4 rings (SSSR count). The number of carbonyl (C=O) groups excluding carboxylic acids is 3. The molecule has 0 aromatic heterocycles. The number of benzene rings is 1. The minimum Gasteiger partial charge on any atom is -0.331 e. The zero-order valence-corrected chi connectivity index (χ0v) is 17.0. The van der Waals surface area contributed by atoms with Gasteiger partial charge in [-0.3, -0.25) is 19.6 Å². The third-order valence-corrected chi connectivity index (χ3v) is 6.46. The van der Waals surface area contributed by atoms with Crippen LogP contribution in [0.3, 0.4) is 0 Å². The Bertz CT molecular complexity index is 880. The van der Waals surface area contributed by atoms with E-state index in [2.05, 4.69) is 0 Å². The molecular formula is C23H28N2O4. The number of likely N-dealkylation sites (tertiary alicyclic amines) is 1. The molecule has 1 heterocycles. The maximum atomic E-state index is 13.4. The van der Waals surface area contributed by atoms with Gasteiger partial charge in [0.05, 0.1) is 12.0 Å². The lowest BCUT2D eigenvalue weighted by molar-refractivity contribution is -0.140. The van der Waals surface area contributed by atoms with E-state index in [4.69, 9.17) is 5.21 Å². The molecule has 154 valence electrons. The zero-order chi connectivity index (χ0) is 20.8. The van der Waals surface area contributed by atoms with E-state index in [1.165, 1.54) is 0 Å². The highest BCUT2D eigenvalue weighted by atomic mass is 16.5. The highest BCUT2D eigenvalue weighted by Crippen LogP contribution is 2.55. The number of allylic oxidation sites excluding steroid dienone is 2. The number of hydroxylamine groups is 1. The molecule has 2 fully saturated rings. The van der Waals surface area contributed by atoms with Crippen LogP contribution in [-0.4, -0.2) is 40.3 Å². The Balaban J connectivity index is 1.59. The van der Waals surface area contributed by atoms with E-state index in [-0.39, 0.29) is 23.5 Å². The molecule has 29 heavy (non-hydrogen) atoms. The summed E-state index contributed by atoms with van der Waals surface area (Å²) >= 11 is 0. The summed E-state index contributed by atoms with van der Waals surface area (Å²) in [5.74, 6) is -1.26. The summed E-state index contributed by atoms with van der Waals surface area (Å²) in [5.41, 5.74) is 5.58. The molecule has 2 N–H and O–H groups in total. The van der Waals surface area contributed by atoms with Crippen molar-refractivity contribution in [2.75, 3.05) is 6.54 Å². The number of Topliss-reactive ketones (excluding diaryl/α,β-unsaturated/α-hetero) is 1. The number of amides is 2. The third-order valence-electron chi connectivity index (χ3n) is 6.46. The lowest BCUT2D eigenvalue weighted by atomic mass is 9.94. The molecule has 2 atom stereocenters. The lowest BCUT2D eigenvalue weighted by Gasteiger charge is -2.28. The van der Waals surface area contributed by atoms with Crippen LogP contribution < -0.4 is 5.48 Å². The van der Waals surface area contributed by atoms with E-state index in [1.54, 1.807) is 10.4 Å². The average Bonchev–Trinajstić information content (AvgIpc) is 3.58. The van der Waals surface area contributed by atoms with E-state index in [0.29, 0.717) is 24.9 Å². The number of hydrogen-bond donors (Lipinski definition) is 2. The third kappa shape index (κ3) is 4.27. The fourth-order valence-corrected chi connectivity index (χ4v) is 4.68. The van der Waals surface area contributed by atoms with Gasteiger partial charge in [0.1, 0.15) is 0 Å². The van der Waals surface area contributed by atoms with Crippen LogP contribution in [0, 0.1) is 25.2 Å². The minimum absolute atomic E-state index is 0.00933. The normalized spacial score (nSPS) is 22.2. The van der Waals surface area contributed by atoms with Gasteiger partial charge in [0.15, 0.2) is 5.78 Å². The molecule has 2 amide bonds. The first kappa shape index (κ1) is 19.8. The van der Waals surface area contributed by atoms with Crippen LogP contribution in [0.1, 0.15) is 60.0 Å².